The lowest BCUT2D eigenvalue weighted by Gasteiger charge is -2.18. The molecule has 0 heterocycles. The summed E-state index contributed by atoms with van der Waals surface area (Å²) in [6.45, 7) is 6.42. The quantitative estimate of drug-likeness (QED) is 0.0263. The van der Waals surface area contributed by atoms with E-state index in [0.29, 0.717) is 19.3 Å². The van der Waals surface area contributed by atoms with Crippen LogP contribution in [-0.4, -0.2) is 37.2 Å². The fraction of sp³-hybridized carbons (Fsp3) is 0.691. The van der Waals surface area contributed by atoms with E-state index < -0.39 is 6.10 Å². The van der Waals surface area contributed by atoms with Crippen molar-refractivity contribution in [2.24, 2.45) is 0 Å². The SMILES string of the molecule is CC/C=C\C/C=C\C/C=C\C/C=C\C/C=C\CCCC(=O)OC[C@H](COC(=O)CCCCCCC/C=C\C/C=C\CCCCC)OC(=O)CCCCCCCCCCCCC. The molecular weight excluding hydrogens is 757 g/mol. The zero-order chi connectivity index (χ0) is 44.4. The summed E-state index contributed by atoms with van der Waals surface area (Å²) in [6.07, 6.45) is 62.8. The van der Waals surface area contributed by atoms with Crippen LogP contribution in [0.15, 0.2) is 85.1 Å². The third-order valence-electron chi connectivity index (χ3n) is 10.4. The van der Waals surface area contributed by atoms with Crippen LogP contribution in [0.4, 0.5) is 0 Å². The number of rotatable bonds is 44. The van der Waals surface area contributed by atoms with Crippen LogP contribution in [0.25, 0.3) is 0 Å². The Kier molecular flexibility index (Phi) is 46.5. The second kappa shape index (κ2) is 49.2. The van der Waals surface area contributed by atoms with Crippen molar-refractivity contribution in [3.8, 4) is 0 Å². The van der Waals surface area contributed by atoms with Crippen LogP contribution in [0.3, 0.4) is 0 Å². The average Bonchev–Trinajstić information content (AvgIpc) is 3.26. The fourth-order valence-corrected chi connectivity index (χ4v) is 6.62. The summed E-state index contributed by atoms with van der Waals surface area (Å²) in [5.41, 5.74) is 0. The zero-order valence-corrected chi connectivity index (χ0v) is 39.7. The van der Waals surface area contributed by atoms with E-state index in [0.717, 1.165) is 103 Å². The first-order valence-electron chi connectivity index (χ1n) is 25.1. The Morgan fingerprint density at radius 3 is 1.10 bits per heavy atom. The molecule has 0 bridgehead atoms. The summed E-state index contributed by atoms with van der Waals surface area (Å²) in [5.74, 6) is -0.976. The maximum Gasteiger partial charge on any atom is 0.306 e. The zero-order valence-electron chi connectivity index (χ0n) is 39.7. The molecule has 0 aromatic rings. The molecule has 0 amide bonds. The number of carbonyl (C=O) groups excluding carboxylic acids is 3. The lowest BCUT2D eigenvalue weighted by atomic mass is 10.1. The van der Waals surface area contributed by atoms with Gasteiger partial charge in [-0.15, -0.1) is 0 Å². The van der Waals surface area contributed by atoms with Crippen molar-refractivity contribution < 1.29 is 28.6 Å². The van der Waals surface area contributed by atoms with Gasteiger partial charge in [0.25, 0.3) is 0 Å². The molecule has 1 atom stereocenters. The summed E-state index contributed by atoms with van der Waals surface area (Å²) in [4.78, 5) is 37.9. The molecule has 0 N–H and O–H groups in total. The molecule has 61 heavy (non-hydrogen) atoms. The van der Waals surface area contributed by atoms with Crippen LogP contribution >= 0.6 is 0 Å². The summed E-state index contributed by atoms with van der Waals surface area (Å²) < 4.78 is 16.7. The van der Waals surface area contributed by atoms with E-state index in [1.54, 1.807) is 0 Å². The van der Waals surface area contributed by atoms with E-state index in [2.05, 4.69) is 106 Å². The van der Waals surface area contributed by atoms with Crippen molar-refractivity contribution in [3.63, 3.8) is 0 Å². The van der Waals surface area contributed by atoms with Gasteiger partial charge in [-0.1, -0.05) is 202 Å². The lowest BCUT2D eigenvalue weighted by Crippen LogP contribution is -2.30. The molecule has 0 aromatic carbocycles. The Balaban J connectivity index is 4.48. The van der Waals surface area contributed by atoms with Crippen LogP contribution < -0.4 is 0 Å². The molecule has 348 valence electrons. The van der Waals surface area contributed by atoms with E-state index in [-0.39, 0.29) is 37.5 Å². The summed E-state index contributed by atoms with van der Waals surface area (Å²) >= 11 is 0. The van der Waals surface area contributed by atoms with Gasteiger partial charge in [0.15, 0.2) is 6.10 Å². The number of esters is 3. The highest BCUT2D eigenvalue weighted by molar-refractivity contribution is 5.71. The highest BCUT2D eigenvalue weighted by Crippen LogP contribution is 2.14. The van der Waals surface area contributed by atoms with Gasteiger partial charge in [0.1, 0.15) is 13.2 Å². The van der Waals surface area contributed by atoms with Crippen LogP contribution in [-0.2, 0) is 28.6 Å². The molecule has 0 spiro atoms. The third-order valence-corrected chi connectivity index (χ3v) is 10.4. The molecule has 0 rings (SSSR count). The molecule has 0 aliphatic carbocycles. The van der Waals surface area contributed by atoms with Gasteiger partial charge in [-0.25, -0.2) is 0 Å². The van der Waals surface area contributed by atoms with Crippen molar-refractivity contribution in [3.05, 3.63) is 85.1 Å². The number of allylic oxidation sites excluding steroid dienone is 14. The van der Waals surface area contributed by atoms with E-state index in [1.807, 2.05) is 0 Å². The van der Waals surface area contributed by atoms with Crippen LogP contribution in [0.1, 0.15) is 226 Å². The molecule has 0 fully saturated rings. The Morgan fingerprint density at radius 1 is 0.344 bits per heavy atom. The largest absolute Gasteiger partial charge is 0.462 e. The Morgan fingerprint density at radius 2 is 0.656 bits per heavy atom. The van der Waals surface area contributed by atoms with Gasteiger partial charge in [0.05, 0.1) is 0 Å². The van der Waals surface area contributed by atoms with Gasteiger partial charge in [-0.05, 0) is 89.9 Å². The van der Waals surface area contributed by atoms with E-state index in [9.17, 15) is 14.4 Å². The first-order chi connectivity index (χ1) is 30.0. The van der Waals surface area contributed by atoms with Gasteiger partial charge >= 0.3 is 17.9 Å². The number of hydrogen-bond donors (Lipinski definition) is 0. The summed E-state index contributed by atoms with van der Waals surface area (Å²) in [5, 5.41) is 0. The van der Waals surface area contributed by atoms with Crippen molar-refractivity contribution in [1.29, 1.82) is 0 Å². The van der Waals surface area contributed by atoms with Crippen LogP contribution in [0.2, 0.25) is 0 Å². The first-order valence-corrected chi connectivity index (χ1v) is 25.1. The number of carbonyl (C=O) groups is 3. The maximum absolute atomic E-state index is 12.7. The molecule has 0 aliphatic rings. The van der Waals surface area contributed by atoms with Gasteiger partial charge in [0, 0.05) is 19.3 Å². The predicted molar refractivity (Wildman–Crippen MR) is 261 cm³/mol. The van der Waals surface area contributed by atoms with Crippen molar-refractivity contribution >= 4 is 17.9 Å². The molecule has 0 radical (unpaired) electrons. The first kappa shape index (κ1) is 57.6. The number of unbranched alkanes of at least 4 members (excludes halogenated alkanes) is 19. The molecule has 6 heteroatoms. The highest BCUT2D eigenvalue weighted by atomic mass is 16.6. The summed E-state index contributed by atoms with van der Waals surface area (Å²) in [7, 11) is 0. The summed E-state index contributed by atoms with van der Waals surface area (Å²) in [6, 6.07) is 0. The Hall–Kier alpha value is -3.41. The van der Waals surface area contributed by atoms with Gasteiger partial charge in [-0.2, -0.15) is 0 Å². The third kappa shape index (κ3) is 47.5. The van der Waals surface area contributed by atoms with Crippen LogP contribution in [0.5, 0.6) is 0 Å². The Bertz CT molecular complexity index is 1200. The second-order valence-corrected chi connectivity index (χ2v) is 16.3. The number of hydrogen-bond acceptors (Lipinski definition) is 6. The Labute approximate surface area is 375 Å². The molecule has 0 saturated carbocycles. The minimum Gasteiger partial charge on any atom is -0.462 e. The van der Waals surface area contributed by atoms with Crippen molar-refractivity contribution in [2.75, 3.05) is 13.2 Å². The van der Waals surface area contributed by atoms with Gasteiger partial charge in [0.2, 0.25) is 0 Å². The molecule has 0 aliphatic heterocycles. The van der Waals surface area contributed by atoms with Crippen molar-refractivity contribution in [2.45, 2.75) is 232 Å². The van der Waals surface area contributed by atoms with E-state index in [1.165, 1.54) is 77.0 Å². The van der Waals surface area contributed by atoms with E-state index in [4.69, 9.17) is 14.2 Å². The smallest absolute Gasteiger partial charge is 0.306 e. The topological polar surface area (TPSA) is 78.9 Å². The minimum atomic E-state index is -0.802. The highest BCUT2D eigenvalue weighted by Gasteiger charge is 2.19. The normalized spacial score (nSPS) is 12.8. The molecule has 0 unspecified atom stereocenters. The second-order valence-electron chi connectivity index (χ2n) is 16.3. The standard InChI is InChI=1S/C55H92O6/c1-4-7-10-13-16-19-22-24-26-27-29-31-34-36-39-42-45-48-54(57)60-51-52(61-55(58)49-46-43-40-37-32-21-18-15-12-9-6-3)50-59-53(56)47-44-41-38-35-33-30-28-25-23-20-17-14-11-8-5-2/h7,10,16-17,19-20,24-26,28-29,31,36,39,52H,4-6,8-9,11-15,18,21-23,27,30,32-35,37-38,40-51H2,1-3H3/b10-7-,19-16-,20-17-,26-24-,28-25-,31-29-,39-36-/t52-/m0/s1. The van der Waals surface area contributed by atoms with Crippen LogP contribution in [0, 0.1) is 0 Å². The molecular formula is C55H92O6. The molecule has 6 nitrogen and oxygen atoms in total. The number of ether oxygens (including phenoxy) is 3. The van der Waals surface area contributed by atoms with Crippen molar-refractivity contribution in [1.82, 2.24) is 0 Å². The monoisotopic (exact) mass is 849 g/mol. The molecule has 0 aromatic heterocycles. The lowest BCUT2D eigenvalue weighted by molar-refractivity contribution is -0.167. The maximum atomic E-state index is 12.7. The predicted octanol–water partition coefficient (Wildman–Crippen LogP) is 16.4. The van der Waals surface area contributed by atoms with E-state index >= 15 is 0 Å². The van der Waals surface area contributed by atoms with Gasteiger partial charge in [-0.3, -0.25) is 14.4 Å². The van der Waals surface area contributed by atoms with Gasteiger partial charge < -0.3 is 14.2 Å². The fourth-order valence-electron chi connectivity index (χ4n) is 6.62. The minimum absolute atomic E-state index is 0.101. The molecule has 0 saturated heterocycles. The average molecular weight is 849 g/mol.